The number of ether oxygens (including phenoxy) is 3. The van der Waals surface area contributed by atoms with Crippen molar-refractivity contribution in [2.75, 3.05) is 13.2 Å². The number of Topliss-reactive ketones (excluding diaryl/α,β-unsaturated/α-hetero) is 1. The summed E-state index contributed by atoms with van der Waals surface area (Å²) < 4.78 is 29.5. The molecule has 1 fully saturated rings. The molecule has 0 atom stereocenters. The molecule has 0 heterocycles. The molecule has 0 saturated heterocycles. The number of rotatable bonds is 12. The molecule has 1 aliphatic rings. The number of hydrogen-bond acceptors (Lipinski definition) is 5. The number of carbonyl (C=O) groups excluding carboxylic acids is 2. The van der Waals surface area contributed by atoms with Gasteiger partial charge in [-0.3, -0.25) is 9.59 Å². The molecule has 3 rings (SSSR count). The molecule has 1 aliphatic carbocycles. The summed E-state index contributed by atoms with van der Waals surface area (Å²) in [5.74, 6) is 1.25. The molecule has 2 aromatic carbocycles. The highest BCUT2D eigenvalue weighted by Crippen LogP contribution is 2.31. The first-order valence-electron chi connectivity index (χ1n) is 11.3. The molecule has 5 nitrogen and oxygen atoms in total. The van der Waals surface area contributed by atoms with Crippen molar-refractivity contribution in [1.29, 1.82) is 0 Å². The Morgan fingerprint density at radius 2 is 1.72 bits per heavy atom. The lowest BCUT2D eigenvalue weighted by Crippen LogP contribution is -2.09. The molecule has 0 radical (unpaired) electrons. The van der Waals surface area contributed by atoms with Gasteiger partial charge >= 0.3 is 0 Å². The number of halogens is 1. The van der Waals surface area contributed by atoms with E-state index >= 15 is 0 Å². The van der Waals surface area contributed by atoms with Gasteiger partial charge in [-0.25, -0.2) is 4.39 Å². The maximum absolute atomic E-state index is 13.5. The second-order valence-corrected chi connectivity index (χ2v) is 8.35. The van der Waals surface area contributed by atoms with Gasteiger partial charge in [0.15, 0.2) is 17.3 Å². The molecule has 172 valence electrons. The number of hydrogen-bond donors (Lipinski definition) is 0. The molecule has 0 aliphatic heterocycles. The van der Waals surface area contributed by atoms with Crippen molar-refractivity contribution >= 4 is 12.3 Å². The highest BCUT2D eigenvalue weighted by molar-refractivity contribution is 5.98. The second kappa shape index (κ2) is 11.7. The van der Waals surface area contributed by atoms with E-state index in [4.69, 9.17) is 9.47 Å². The molecule has 0 amide bonds. The van der Waals surface area contributed by atoms with Crippen LogP contribution in [-0.2, 0) is 4.79 Å². The Labute approximate surface area is 188 Å². The highest BCUT2D eigenvalue weighted by atomic mass is 19.1. The second-order valence-electron chi connectivity index (χ2n) is 8.35. The largest absolute Gasteiger partial charge is 0.493 e. The summed E-state index contributed by atoms with van der Waals surface area (Å²) in [7, 11) is 0. The molecule has 32 heavy (non-hydrogen) atoms. The van der Waals surface area contributed by atoms with Crippen LogP contribution in [0.25, 0.3) is 0 Å². The Balaban J connectivity index is 1.43. The predicted molar refractivity (Wildman–Crippen MR) is 120 cm³/mol. The van der Waals surface area contributed by atoms with E-state index in [2.05, 4.69) is 4.74 Å². The minimum Gasteiger partial charge on any atom is -0.493 e. The molecular weight excluding hydrogens is 411 g/mol. The molecule has 1 saturated carbocycles. The standard InChI is InChI=1S/C26H31FO5/c1-18-19(2)25(12-10-22(18)24(29)15-20-7-3-4-8-20)31-14-6-5-13-30-21-9-11-23(27)26(16-21)32-17-28/h9-12,16-17,20H,3-8,13-15H2,1-2H3. The minimum atomic E-state index is -0.616. The molecule has 0 bridgehead atoms. The number of unbranched alkanes of at least 4 members (excludes halogenated alkanes) is 1. The lowest BCUT2D eigenvalue weighted by molar-refractivity contribution is -0.120. The Bertz CT molecular complexity index is 934. The van der Waals surface area contributed by atoms with Crippen molar-refractivity contribution in [2.45, 2.75) is 58.8 Å². The summed E-state index contributed by atoms with van der Waals surface area (Å²) in [4.78, 5) is 23.1. The van der Waals surface area contributed by atoms with Crippen molar-refractivity contribution < 1.29 is 28.2 Å². The quantitative estimate of drug-likeness (QED) is 0.230. The Morgan fingerprint density at radius 1 is 1.00 bits per heavy atom. The fourth-order valence-corrected chi connectivity index (χ4v) is 4.13. The van der Waals surface area contributed by atoms with Gasteiger partial charge in [-0.15, -0.1) is 0 Å². The fraction of sp³-hybridized carbons (Fsp3) is 0.462. The zero-order chi connectivity index (χ0) is 22.9. The van der Waals surface area contributed by atoms with Crippen molar-refractivity contribution in [3.8, 4) is 17.2 Å². The van der Waals surface area contributed by atoms with Crippen LogP contribution in [0.15, 0.2) is 30.3 Å². The first-order valence-corrected chi connectivity index (χ1v) is 11.3. The van der Waals surface area contributed by atoms with Crippen LogP contribution in [0.3, 0.4) is 0 Å². The molecule has 2 aromatic rings. The van der Waals surface area contributed by atoms with Crippen molar-refractivity contribution in [1.82, 2.24) is 0 Å². The van der Waals surface area contributed by atoms with Gasteiger partial charge in [0.05, 0.1) is 13.2 Å². The molecule has 6 heteroatoms. The topological polar surface area (TPSA) is 61.8 Å². The van der Waals surface area contributed by atoms with E-state index in [0.29, 0.717) is 31.3 Å². The van der Waals surface area contributed by atoms with Gasteiger partial charge in [-0.05, 0) is 68.0 Å². The van der Waals surface area contributed by atoms with Gasteiger partial charge in [-0.1, -0.05) is 25.7 Å². The van der Waals surface area contributed by atoms with Gasteiger partial charge in [0.2, 0.25) is 0 Å². The van der Waals surface area contributed by atoms with Crippen LogP contribution in [0.4, 0.5) is 4.39 Å². The van der Waals surface area contributed by atoms with Crippen molar-refractivity contribution in [3.63, 3.8) is 0 Å². The maximum atomic E-state index is 13.5. The van der Waals surface area contributed by atoms with Crippen LogP contribution in [0.5, 0.6) is 17.2 Å². The zero-order valence-corrected chi connectivity index (χ0v) is 18.8. The van der Waals surface area contributed by atoms with Crippen molar-refractivity contribution in [2.24, 2.45) is 5.92 Å². The average Bonchev–Trinajstić information content (AvgIpc) is 3.28. The third-order valence-electron chi connectivity index (χ3n) is 6.13. The first-order chi connectivity index (χ1) is 15.5. The van der Waals surface area contributed by atoms with Gasteiger partial charge in [0.1, 0.15) is 11.5 Å². The van der Waals surface area contributed by atoms with Gasteiger partial charge < -0.3 is 14.2 Å². The summed E-state index contributed by atoms with van der Waals surface area (Å²) in [5.41, 5.74) is 2.82. The Morgan fingerprint density at radius 3 is 2.44 bits per heavy atom. The molecule has 0 unspecified atom stereocenters. The summed E-state index contributed by atoms with van der Waals surface area (Å²) in [6.45, 7) is 5.13. The van der Waals surface area contributed by atoms with Crippen LogP contribution >= 0.6 is 0 Å². The number of carbonyl (C=O) groups is 2. The maximum Gasteiger partial charge on any atom is 0.298 e. The van der Waals surface area contributed by atoms with Crippen LogP contribution in [0.2, 0.25) is 0 Å². The average molecular weight is 443 g/mol. The monoisotopic (exact) mass is 442 g/mol. The van der Waals surface area contributed by atoms with Gasteiger partial charge in [0, 0.05) is 18.1 Å². The lowest BCUT2D eigenvalue weighted by atomic mass is 9.92. The van der Waals surface area contributed by atoms with Crippen LogP contribution < -0.4 is 14.2 Å². The first kappa shape index (κ1) is 23.8. The molecular formula is C26H31FO5. The Kier molecular flexibility index (Phi) is 8.65. The predicted octanol–water partition coefficient (Wildman–Crippen LogP) is 5.98. The highest BCUT2D eigenvalue weighted by Gasteiger charge is 2.21. The van der Waals surface area contributed by atoms with E-state index in [1.165, 1.54) is 43.9 Å². The summed E-state index contributed by atoms with van der Waals surface area (Å²) in [6, 6.07) is 7.83. The summed E-state index contributed by atoms with van der Waals surface area (Å²) in [5, 5.41) is 0. The fourth-order valence-electron chi connectivity index (χ4n) is 4.13. The van der Waals surface area contributed by atoms with Gasteiger partial charge in [-0.2, -0.15) is 0 Å². The van der Waals surface area contributed by atoms with Crippen LogP contribution in [0, 0.1) is 25.6 Å². The molecule has 0 N–H and O–H groups in total. The van der Waals surface area contributed by atoms with Crippen LogP contribution in [0.1, 0.15) is 66.4 Å². The van der Waals surface area contributed by atoms with Crippen LogP contribution in [-0.4, -0.2) is 25.5 Å². The third-order valence-corrected chi connectivity index (χ3v) is 6.13. The number of benzene rings is 2. The normalized spacial score (nSPS) is 13.7. The Hall–Kier alpha value is -2.89. The SMILES string of the molecule is Cc1c(OCCCCOc2ccc(F)c(OC=O)c2)ccc(C(=O)CC2CCCC2)c1C. The third kappa shape index (κ3) is 6.31. The smallest absolute Gasteiger partial charge is 0.298 e. The van der Waals surface area contributed by atoms with E-state index in [9.17, 15) is 14.0 Å². The van der Waals surface area contributed by atoms with E-state index in [1.54, 1.807) is 0 Å². The van der Waals surface area contributed by atoms with Gasteiger partial charge in [0.25, 0.3) is 6.47 Å². The van der Waals surface area contributed by atoms with Crippen molar-refractivity contribution in [3.05, 3.63) is 52.8 Å². The van der Waals surface area contributed by atoms with E-state index < -0.39 is 5.82 Å². The minimum absolute atomic E-state index is 0.156. The van der Waals surface area contributed by atoms with E-state index in [0.717, 1.165) is 35.3 Å². The lowest BCUT2D eigenvalue weighted by Gasteiger charge is -2.15. The molecule has 0 aromatic heterocycles. The van der Waals surface area contributed by atoms with E-state index in [-0.39, 0.29) is 18.0 Å². The van der Waals surface area contributed by atoms with E-state index in [1.807, 2.05) is 26.0 Å². The zero-order valence-electron chi connectivity index (χ0n) is 18.8. The summed E-state index contributed by atoms with van der Waals surface area (Å²) in [6.07, 6.45) is 7.00. The molecule has 0 spiro atoms. The number of ketones is 1. The summed E-state index contributed by atoms with van der Waals surface area (Å²) >= 11 is 0.